The van der Waals surface area contributed by atoms with Crippen LogP contribution in [0.4, 0.5) is 0 Å². The fourth-order valence-electron chi connectivity index (χ4n) is 8.39. The van der Waals surface area contributed by atoms with Crippen LogP contribution in [0, 0.1) is 0 Å². The van der Waals surface area contributed by atoms with Crippen molar-refractivity contribution in [1.29, 1.82) is 0 Å². The van der Waals surface area contributed by atoms with Crippen LogP contribution in [0.1, 0.15) is 271 Å². The summed E-state index contributed by atoms with van der Waals surface area (Å²) in [7, 11) is 0. The Morgan fingerprint density at radius 1 is 0.269 bits per heavy atom. The van der Waals surface area contributed by atoms with Crippen LogP contribution < -0.4 is 0 Å². The molecule has 0 bridgehead atoms. The Balaban J connectivity index is 4.26. The second kappa shape index (κ2) is 64.8. The largest absolute Gasteiger partial charge is 0.462 e. The van der Waals surface area contributed by atoms with E-state index in [0.717, 1.165) is 154 Å². The molecule has 0 radical (unpaired) electrons. The van der Waals surface area contributed by atoms with Crippen molar-refractivity contribution in [1.82, 2.24) is 0 Å². The van der Waals surface area contributed by atoms with Crippen molar-refractivity contribution in [3.05, 3.63) is 146 Å². The van der Waals surface area contributed by atoms with Gasteiger partial charge in [0.05, 0.1) is 0 Å². The lowest BCUT2D eigenvalue weighted by atomic mass is 10.1. The summed E-state index contributed by atoms with van der Waals surface area (Å²) in [6.45, 7) is 6.36. The van der Waals surface area contributed by atoms with E-state index < -0.39 is 6.10 Å². The van der Waals surface area contributed by atoms with Crippen molar-refractivity contribution in [2.75, 3.05) is 13.2 Å². The molecule has 6 heteroatoms. The monoisotopic (exact) mass is 1080 g/mol. The van der Waals surface area contributed by atoms with Gasteiger partial charge in [-0.05, 0) is 122 Å². The number of allylic oxidation sites excluding steroid dienone is 24. The fourth-order valence-corrected chi connectivity index (χ4v) is 8.39. The van der Waals surface area contributed by atoms with Crippen molar-refractivity contribution in [3.8, 4) is 0 Å². The van der Waals surface area contributed by atoms with Gasteiger partial charge in [0.25, 0.3) is 0 Å². The van der Waals surface area contributed by atoms with Gasteiger partial charge < -0.3 is 14.2 Å². The second-order valence-corrected chi connectivity index (χ2v) is 20.6. The Bertz CT molecular complexity index is 1710. The summed E-state index contributed by atoms with van der Waals surface area (Å²) >= 11 is 0. The van der Waals surface area contributed by atoms with Crippen molar-refractivity contribution >= 4 is 17.9 Å². The van der Waals surface area contributed by atoms with Gasteiger partial charge in [-0.3, -0.25) is 14.4 Å². The Kier molecular flexibility index (Phi) is 60.9. The lowest BCUT2D eigenvalue weighted by Crippen LogP contribution is -2.30. The van der Waals surface area contributed by atoms with Crippen molar-refractivity contribution in [2.24, 2.45) is 0 Å². The molecule has 0 aliphatic rings. The van der Waals surface area contributed by atoms with E-state index in [0.29, 0.717) is 19.3 Å². The maximum absolute atomic E-state index is 12.9. The highest BCUT2D eigenvalue weighted by Gasteiger charge is 2.19. The first-order valence-corrected chi connectivity index (χ1v) is 31.8. The number of rotatable bonds is 56. The first kappa shape index (κ1) is 73.3. The van der Waals surface area contributed by atoms with Crippen LogP contribution in [0.15, 0.2) is 146 Å². The Morgan fingerprint density at radius 2 is 0.500 bits per heavy atom. The van der Waals surface area contributed by atoms with Crippen molar-refractivity contribution < 1.29 is 28.6 Å². The van der Waals surface area contributed by atoms with Crippen molar-refractivity contribution in [2.45, 2.75) is 277 Å². The third-order valence-electron chi connectivity index (χ3n) is 13.1. The molecule has 0 aromatic heterocycles. The van der Waals surface area contributed by atoms with Gasteiger partial charge in [0, 0.05) is 19.3 Å². The minimum atomic E-state index is -0.793. The molecule has 440 valence electrons. The van der Waals surface area contributed by atoms with E-state index in [1.54, 1.807) is 0 Å². The van der Waals surface area contributed by atoms with Crippen LogP contribution in [0.5, 0.6) is 0 Å². The highest BCUT2D eigenvalue weighted by molar-refractivity contribution is 5.71. The molecule has 0 heterocycles. The smallest absolute Gasteiger partial charge is 0.306 e. The number of carbonyl (C=O) groups is 3. The van der Waals surface area contributed by atoms with Crippen LogP contribution in [0.25, 0.3) is 0 Å². The average molecular weight is 1080 g/mol. The van der Waals surface area contributed by atoms with E-state index >= 15 is 0 Å². The molecule has 0 saturated heterocycles. The van der Waals surface area contributed by atoms with E-state index in [-0.39, 0.29) is 31.1 Å². The van der Waals surface area contributed by atoms with E-state index in [1.165, 1.54) is 77.0 Å². The number of hydrogen-bond acceptors (Lipinski definition) is 6. The minimum Gasteiger partial charge on any atom is -0.462 e. The maximum Gasteiger partial charge on any atom is 0.306 e. The highest BCUT2D eigenvalue weighted by atomic mass is 16.6. The average Bonchev–Trinajstić information content (AvgIpc) is 3.44. The summed E-state index contributed by atoms with van der Waals surface area (Å²) in [5, 5.41) is 0. The molecule has 0 fully saturated rings. The molecule has 0 aliphatic carbocycles. The second-order valence-electron chi connectivity index (χ2n) is 20.6. The molecule has 0 spiro atoms. The normalized spacial score (nSPS) is 13.1. The van der Waals surface area contributed by atoms with Gasteiger partial charge in [0.2, 0.25) is 0 Å². The SMILES string of the molecule is CC/C=C\C/C=C\C/C=C\C/C=C\C/C=C\C/C=C\C/C=C\C/C=C\CCCCCCCCC(=O)OCC(COC(=O)CCCCCCCCCC)OC(=O)CCCCCCCCCC/C=C\C/C=C\C/C=C\C/C=C\CC. The van der Waals surface area contributed by atoms with Gasteiger partial charge >= 0.3 is 17.9 Å². The highest BCUT2D eigenvalue weighted by Crippen LogP contribution is 2.15. The fraction of sp³-hybridized carbons (Fsp3) is 0.625. The Labute approximate surface area is 480 Å². The van der Waals surface area contributed by atoms with Crippen LogP contribution in [-0.2, 0) is 28.6 Å². The zero-order chi connectivity index (χ0) is 56.4. The first-order chi connectivity index (χ1) is 38.5. The summed E-state index contributed by atoms with van der Waals surface area (Å²) in [5.41, 5.74) is 0. The van der Waals surface area contributed by atoms with Crippen LogP contribution >= 0.6 is 0 Å². The third kappa shape index (κ3) is 62.1. The predicted octanol–water partition coefficient (Wildman–Crippen LogP) is 21.9. The zero-order valence-electron chi connectivity index (χ0n) is 50.4. The summed E-state index contributed by atoms with van der Waals surface area (Å²) in [6, 6.07) is 0. The summed E-state index contributed by atoms with van der Waals surface area (Å²) in [5.74, 6) is -0.918. The maximum atomic E-state index is 12.9. The summed E-state index contributed by atoms with van der Waals surface area (Å²) in [4.78, 5) is 38.1. The zero-order valence-corrected chi connectivity index (χ0v) is 50.4. The van der Waals surface area contributed by atoms with Crippen LogP contribution in [-0.4, -0.2) is 37.2 Å². The molecule has 1 atom stereocenters. The van der Waals surface area contributed by atoms with Gasteiger partial charge in [0.1, 0.15) is 13.2 Å². The molecule has 0 aromatic rings. The van der Waals surface area contributed by atoms with Gasteiger partial charge in [-0.15, -0.1) is 0 Å². The standard InChI is InChI=1S/C72H116O6/c1-4-7-10-13-16-19-21-23-25-27-29-31-32-33-34-35-36-37-38-39-40-42-43-45-47-49-51-53-56-59-62-65-71(74)77-68-69(67-76-70(73)64-61-58-55-18-15-12-9-6-3)78-72(75)66-63-60-57-54-52-50-48-46-44-41-30-28-26-24-22-20-17-14-11-8-5-2/h7-8,10-11,16-17,19-20,23-26,29-31,33-34,36-37,39-41,43,45,69H,4-6,9,12-15,18,21-22,27-28,32,35,38,42,44,46-68H2,1-3H3/b10-7-,11-8-,19-16-,20-17-,25-23-,26-24-,31-29-,34-33-,37-36-,40-39-,41-30-,45-43-. The number of carbonyl (C=O) groups excluding carboxylic acids is 3. The first-order valence-electron chi connectivity index (χ1n) is 31.8. The van der Waals surface area contributed by atoms with E-state index in [9.17, 15) is 14.4 Å². The van der Waals surface area contributed by atoms with Gasteiger partial charge in [0.15, 0.2) is 6.10 Å². The van der Waals surface area contributed by atoms with Gasteiger partial charge in [-0.2, -0.15) is 0 Å². The lowest BCUT2D eigenvalue weighted by Gasteiger charge is -2.18. The molecular weight excluding hydrogens is 961 g/mol. The number of esters is 3. The molecule has 0 rings (SSSR count). The van der Waals surface area contributed by atoms with Crippen LogP contribution in [0.3, 0.4) is 0 Å². The van der Waals surface area contributed by atoms with Crippen LogP contribution in [0.2, 0.25) is 0 Å². The molecular formula is C72H116O6. The van der Waals surface area contributed by atoms with E-state index in [1.807, 2.05) is 0 Å². The number of ether oxygens (including phenoxy) is 3. The van der Waals surface area contributed by atoms with Gasteiger partial charge in [-0.1, -0.05) is 276 Å². The van der Waals surface area contributed by atoms with Crippen molar-refractivity contribution in [3.63, 3.8) is 0 Å². The molecule has 6 nitrogen and oxygen atoms in total. The quantitative estimate of drug-likeness (QED) is 0.0261. The molecule has 1 unspecified atom stereocenters. The molecule has 0 N–H and O–H groups in total. The summed E-state index contributed by atoms with van der Waals surface area (Å²) < 4.78 is 16.8. The molecule has 78 heavy (non-hydrogen) atoms. The number of unbranched alkanes of at least 4 members (excludes halogenated alkanes) is 21. The number of hydrogen-bond donors (Lipinski definition) is 0. The summed E-state index contributed by atoms with van der Waals surface area (Å²) in [6.07, 6.45) is 92.9. The Hall–Kier alpha value is -4.71. The Morgan fingerprint density at radius 3 is 0.782 bits per heavy atom. The third-order valence-corrected chi connectivity index (χ3v) is 13.1. The minimum absolute atomic E-state index is 0.0892. The van der Waals surface area contributed by atoms with E-state index in [2.05, 4.69) is 167 Å². The van der Waals surface area contributed by atoms with Gasteiger partial charge in [-0.25, -0.2) is 0 Å². The predicted molar refractivity (Wildman–Crippen MR) is 339 cm³/mol. The molecule has 0 amide bonds. The molecule has 0 aromatic carbocycles. The topological polar surface area (TPSA) is 78.9 Å². The van der Waals surface area contributed by atoms with E-state index in [4.69, 9.17) is 14.2 Å². The lowest BCUT2D eigenvalue weighted by molar-refractivity contribution is -0.167. The molecule has 0 saturated carbocycles. The molecule has 0 aliphatic heterocycles.